The van der Waals surface area contributed by atoms with Crippen LogP contribution in [0.3, 0.4) is 0 Å². The van der Waals surface area contributed by atoms with Crippen LogP contribution in [0.4, 0.5) is 0 Å². The smallest absolute Gasteiger partial charge is 0.233 e. The summed E-state index contributed by atoms with van der Waals surface area (Å²) in [5.74, 6) is -0.641. The summed E-state index contributed by atoms with van der Waals surface area (Å²) in [4.78, 5) is 24.6. The monoisotopic (exact) mass is 254 g/mol. The van der Waals surface area contributed by atoms with Gasteiger partial charge in [-0.05, 0) is 24.6 Å². The van der Waals surface area contributed by atoms with Crippen LogP contribution < -0.4 is 0 Å². The summed E-state index contributed by atoms with van der Waals surface area (Å²) >= 11 is 0. The van der Waals surface area contributed by atoms with Crippen molar-refractivity contribution in [1.82, 2.24) is 0 Å². The quantitative estimate of drug-likeness (QED) is 0.725. The second kappa shape index (κ2) is 3.68. The van der Waals surface area contributed by atoms with E-state index >= 15 is 0 Å². The number of hydrogen-bond acceptors (Lipinski definition) is 4. The van der Waals surface area contributed by atoms with Crippen molar-refractivity contribution in [2.45, 2.75) is 6.92 Å². The Hall–Kier alpha value is -2.62. The molecule has 2 aromatic rings. The zero-order valence-corrected chi connectivity index (χ0v) is 10.2. The van der Waals surface area contributed by atoms with Gasteiger partial charge >= 0.3 is 0 Å². The highest BCUT2D eigenvalue weighted by Crippen LogP contribution is 2.35. The highest BCUT2D eigenvalue weighted by molar-refractivity contribution is 6.28. The molecule has 1 heterocycles. The lowest BCUT2D eigenvalue weighted by atomic mass is 9.88. The number of furan rings is 1. The van der Waals surface area contributed by atoms with Crippen LogP contribution in [0.15, 0.2) is 35.3 Å². The van der Waals surface area contributed by atoms with Gasteiger partial charge in [0.05, 0.1) is 11.1 Å². The molecule has 0 unspecified atom stereocenters. The summed E-state index contributed by atoms with van der Waals surface area (Å²) < 4.78 is 5.38. The number of hydrogen-bond donors (Lipinski definition) is 1. The Morgan fingerprint density at radius 1 is 1.21 bits per heavy atom. The van der Waals surface area contributed by atoms with Gasteiger partial charge < -0.3 is 9.52 Å². The Morgan fingerprint density at radius 3 is 2.63 bits per heavy atom. The number of carbonyl (C=O) groups is 2. The second-order valence-corrected chi connectivity index (χ2v) is 4.49. The third kappa shape index (κ3) is 1.46. The molecule has 0 spiro atoms. The molecule has 1 aromatic carbocycles. The number of benzene rings is 1. The largest absolute Gasteiger partial charge is 0.507 e. The van der Waals surface area contributed by atoms with Gasteiger partial charge in [0.1, 0.15) is 11.5 Å². The molecule has 0 atom stereocenters. The molecule has 4 nitrogen and oxygen atoms in total. The third-order valence-corrected chi connectivity index (χ3v) is 3.12. The minimum absolute atomic E-state index is 0.00242. The number of aromatic hydroxyl groups is 1. The molecule has 0 amide bonds. The van der Waals surface area contributed by atoms with Gasteiger partial charge in [-0.2, -0.15) is 0 Å². The molecule has 3 rings (SSSR count). The number of allylic oxidation sites excluding steroid dienone is 1. The number of rotatable bonds is 1. The summed E-state index contributed by atoms with van der Waals surface area (Å²) in [6, 6.07) is 5.94. The van der Waals surface area contributed by atoms with E-state index in [9.17, 15) is 14.7 Å². The zero-order valence-electron chi connectivity index (χ0n) is 10.2. The van der Waals surface area contributed by atoms with Gasteiger partial charge in [0.25, 0.3) is 0 Å². The predicted octanol–water partition coefficient (Wildman–Crippen LogP) is 2.79. The van der Waals surface area contributed by atoms with E-state index in [0.29, 0.717) is 11.3 Å². The predicted molar refractivity (Wildman–Crippen MR) is 68.4 cm³/mol. The minimum atomic E-state index is -0.477. The number of phenols is 1. The average molecular weight is 254 g/mol. The van der Waals surface area contributed by atoms with Crippen LogP contribution >= 0.6 is 0 Å². The molecule has 0 saturated heterocycles. The Kier molecular flexibility index (Phi) is 2.22. The number of fused-ring (bicyclic) bond motifs is 2. The topological polar surface area (TPSA) is 67.5 Å². The maximum absolute atomic E-state index is 12.3. The van der Waals surface area contributed by atoms with E-state index in [2.05, 4.69) is 6.58 Å². The SMILES string of the molecule is C=C(C)c1cc2c(o1)C(=O)c1c(O)cccc1C2=O. The lowest BCUT2D eigenvalue weighted by Crippen LogP contribution is -2.19. The van der Waals surface area contributed by atoms with Gasteiger partial charge in [0.15, 0.2) is 11.5 Å². The highest BCUT2D eigenvalue weighted by Gasteiger charge is 2.35. The van der Waals surface area contributed by atoms with Crippen molar-refractivity contribution in [3.8, 4) is 5.75 Å². The Balaban J connectivity index is 2.30. The van der Waals surface area contributed by atoms with E-state index in [0.717, 1.165) is 0 Å². The van der Waals surface area contributed by atoms with Crippen molar-refractivity contribution in [3.05, 3.63) is 59.1 Å². The van der Waals surface area contributed by atoms with Crippen molar-refractivity contribution < 1.29 is 19.1 Å². The van der Waals surface area contributed by atoms with Crippen LogP contribution in [0, 0.1) is 0 Å². The fourth-order valence-corrected chi connectivity index (χ4v) is 2.17. The molecule has 1 aromatic heterocycles. The fourth-order valence-electron chi connectivity index (χ4n) is 2.17. The first-order valence-corrected chi connectivity index (χ1v) is 5.72. The Morgan fingerprint density at radius 2 is 1.95 bits per heavy atom. The van der Waals surface area contributed by atoms with E-state index in [1.807, 2.05) is 0 Å². The molecule has 0 radical (unpaired) electrons. The van der Waals surface area contributed by atoms with E-state index in [1.165, 1.54) is 24.3 Å². The summed E-state index contributed by atoms with van der Waals surface area (Å²) in [6.45, 7) is 5.45. The number of ketones is 2. The first-order valence-electron chi connectivity index (χ1n) is 5.72. The molecule has 0 fully saturated rings. The van der Waals surface area contributed by atoms with Crippen LogP contribution in [0.2, 0.25) is 0 Å². The summed E-state index contributed by atoms with van der Waals surface area (Å²) in [5, 5.41) is 9.75. The lowest BCUT2D eigenvalue weighted by Gasteiger charge is -2.13. The fraction of sp³-hybridized carbons (Fsp3) is 0.0667. The standard InChI is InChI=1S/C15H10O4/c1-7(2)11-6-9-13(17)8-4-3-5-10(16)12(8)14(18)15(9)19-11/h3-6,16H,1H2,2H3. The Labute approximate surface area is 109 Å². The van der Waals surface area contributed by atoms with Gasteiger partial charge in [0, 0.05) is 5.56 Å². The molecule has 0 aliphatic heterocycles. The van der Waals surface area contributed by atoms with Crippen molar-refractivity contribution >= 4 is 17.1 Å². The third-order valence-electron chi connectivity index (χ3n) is 3.12. The molecule has 4 heteroatoms. The van der Waals surface area contributed by atoms with Crippen LogP contribution in [0.5, 0.6) is 5.75 Å². The normalized spacial score (nSPS) is 13.1. The number of carbonyl (C=O) groups excluding carboxylic acids is 2. The summed E-state index contributed by atoms with van der Waals surface area (Å²) in [6.07, 6.45) is 0. The van der Waals surface area contributed by atoms with E-state index in [4.69, 9.17) is 4.42 Å². The van der Waals surface area contributed by atoms with Gasteiger partial charge in [-0.3, -0.25) is 9.59 Å². The lowest BCUT2D eigenvalue weighted by molar-refractivity contribution is 0.0957. The summed E-state index contributed by atoms with van der Waals surface area (Å²) in [7, 11) is 0. The molecule has 1 aliphatic carbocycles. The van der Waals surface area contributed by atoms with Crippen molar-refractivity contribution in [2.75, 3.05) is 0 Å². The average Bonchev–Trinajstić information content (AvgIpc) is 2.81. The second-order valence-electron chi connectivity index (χ2n) is 4.49. The minimum Gasteiger partial charge on any atom is -0.507 e. The van der Waals surface area contributed by atoms with Crippen LogP contribution in [-0.2, 0) is 0 Å². The zero-order chi connectivity index (χ0) is 13.7. The maximum Gasteiger partial charge on any atom is 0.233 e. The van der Waals surface area contributed by atoms with Gasteiger partial charge in [-0.1, -0.05) is 18.7 Å². The molecule has 19 heavy (non-hydrogen) atoms. The molecular weight excluding hydrogens is 244 g/mol. The van der Waals surface area contributed by atoms with Crippen molar-refractivity contribution in [2.24, 2.45) is 0 Å². The van der Waals surface area contributed by atoms with Gasteiger partial charge in [0.2, 0.25) is 5.78 Å². The molecule has 94 valence electrons. The van der Waals surface area contributed by atoms with Crippen LogP contribution in [0.1, 0.15) is 44.7 Å². The first kappa shape index (κ1) is 11.5. The van der Waals surface area contributed by atoms with Crippen molar-refractivity contribution in [3.63, 3.8) is 0 Å². The van der Waals surface area contributed by atoms with E-state index in [1.54, 1.807) is 6.92 Å². The number of phenolic OH excluding ortho intramolecular Hbond substituents is 1. The summed E-state index contributed by atoms with van der Waals surface area (Å²) in [5.41, 5.74) is 1.05. The molecule has 1 aliphatic rings. The van der Waals surface area contributed by atoms with Crippen molar-refractivity contribution in [1.29, 1.82) is 0 Å². The molecule has 0 bridgehead atoms. The Bertz CT molecular complexity index is 750. The van der Waals surface area contributed by atoms with Gasteiger partial charge in [-0.25, -0.2) is 0 Å². The maximum atomic E-state index is 12.3. The van der Waals surface area contributed by atoms with E-state index in [-0.39, 0.29) is 34.0 Å². The first-order chi connectivity index (χ1) is 9.00. The molecular formula is C15H10O4. The van der Waals surface area contributed by atoms with E-state index < -0.39 is 5.78 Å². The molecule has 0 saturated carbocycles. The molecule has 1 N–H and O–H groups in total. The van der Waals surface area contributed by atoms with Crippen LogP contribution in [0.25, 0.3) is 5.57 Å². The highest BCUT2D eigenvalue weighted by atomic mass is 16.4. The van der Waals surface area contributed by atoms with Crippen LogP contribution in [-0.4, -0.2) is 16.7 Å². The van der Waals surface area contributed by atoms with Gasteiger partial charge in [-0.15, -0.1) is 0 Å².